The fourth-order valence-corrected chi connectivity index (χ4v) is 2.93. The molecule has 0 heterocycles. The van der Waals surface area contributed by atoms with E-state index >= 15 is 0 Å². The summed E-state index contributed by atoms with van der Waals surface area (Å²) in [4.78, 5) is 12.0. The first kappa shape index (κ1) is 14.4. The largest absolute Gasteiger partial charge is 0.388 e. The normalized spacial score (nSPS) is 21.2. The molecule has 0 saturated heterocycles. The predicted molar refractivity (Wildman–Crippen MR) is 82.0 cm³/mol. The van der Waals surface area contributed by atoms with Crippen LogP contribution in [0.15, 0.2) is 30.3 Å². The summed E-state index contributed by atoms with van der Waals surface area (Å²) in [5.41, 5.74) is 0.596. The fraction of sp³-hybridized carbons (Fsp3) is 0.588. The molecule has 0 unspecified atom stereocenters. The number of urea groups is 1. The molecule has 1 aromatic rings. The molecule has 0 aromatic heterocycles. The molecule has 0 spiro atoms. The zero-order valence-corrected chi connectivity index (χ0v) is 12.3. The Hall–Kier alpha value is -1.55. The van der Waals surface area contributed by atoms with Crippen molar-refractivity contribution in [1.29, 1.82) is 0 Å². The van der Waals surface area contributed by atoms with Crippen molar-refractivity contribution in [3.8, 4) is 0 Å². The van der Waals surface area contributed by atoms with Crippen LogP contribution in [0.25, 0.3) is 0 Å². The molecule has 2 aliphatic carbocycles. The first-order valence-corrected chi connectivity index (χ1v) is 7.95. The molecule has 114 valence electrons. The summed E-state index contributed by atoms with van der Waals surface area (Å²) in [6.45, 7) is 0.363. The molecule has 4 nitrogen and oxygen atoms in total. The molecule has 1 aromatic carbocycles. The van der Waals surface area contributed by atoms with Crippen molar-refractivity contribution in [3.63, 3.8) is 0 Å². The summed E-state index contributed by atoms with van der Waals surface area (Å²) in [7, 11) is 0. The van der Waals surface area contributed by atoms with Gasteiger partial charge in [-0.2, -0.15) is 0 Å². The Morgan fingerprint density at radius 2 is 2.00 bits per heavy atom. The summed E-state index contributed by atoms with van der Waals surface area (Å²) >= 11 is 0. The Morgan fingerprint density at radius 3 is 2.57 bits per heavy atom. The molecule has 2 saturated carbocycles. The standard InChI is InChI=1S/C17H24N2O2/c20-16(18-12-17(21)9-4-10-17)19-15(14-7-8-14)11-13-5-2-1-3-6-13/h1-3,5-6,14-15,21H,4,7-12H2,(H2,18,19,20)/t15-/m1/s1. The maximum Gasteiger partial charge on any atom is 0.315 e. The van der Waals surface area contributed by atoms with Gasteiger partial charge in [-0.25, -0.2) is 4.79 Å². The molecule has 1 atom stereocenters. The van der Waals surface area contributed by atoms with Gasteiger partial charge in [0, 0.05) is 12.6 Å². The van der Waals surface area contributed by atoms with Crippen molar-refractivity contribution in [1.82, 2.24) is 10.6 Å². The van der Waals surface area contributed by atoms with Crippen LogP contribution in [0.2, 0.25) is 0 Å². The van der Waals surface area contributed by atoms with Crippen LogP contribution in [0.4, 0.5) is 4.79 Å². The van der Waals surface area contributed by atoms with Crippen molar-refractivity contribution in [2.45, 2.75) is 50.2 Å². The van der Waals surface area contributed by atoms with Crippen molar-refractivity contribution in [2.24, 2.45) is 5.92 Å². The van der Waals surface area contributed by atoms with Gasteiger partial charge >= 0.3 is 6.03 Å². The van der Waals surface area contributed by atoms with Gasteiger partial charge in [0.15, 0.2) is 0 Å². The van der Waals surface area contributed by atoms with E-state index in [9.17, 15) is 9.90 Å². The first-order chi connectivity index (χ1) is 10.1. The summed E-state index contributed by atoms with van der Waals surface area (Å²) in [5.74, 6) is 0.600. The van der Waals surface area contributed by atoms with E-state index in [0.717, 1.165) is 25.7 Å². The monoisotopic (exact) mass is 288 g/mol. The molecular weight excluding hydrogens is 264 g/mol. The zero-order chi connectivity index (χ0) is 14.7. The fourth-order valence-electron chi connectivity index (χ4n) is 2.93. The summed E-state index contributed by atoms with van der Waals surface area (Å²) in [6.07, 6.45) is 5.91. The Balaban J connectivity index is 1.49. The average molecular weight is 288 g/mol. The van der Waals surface area contributed by atoms with Crippen LogP contribution in [0.5, 0.6) is 0 Å². The lowest BCUT2D eigenvalue weighted by Crippen LogP contribution is -2.52. The van der Waals surface area contributed by atoms with E-state index in [2.05, 4.69) is 22.8 Å². The Kier molecular flexibility index (Phi) is 4.15. The molecule has 0 bridgehead atoms. The number of aliphatic hydroxyl groups is 1. The molecular formula is C17H24N2O2. The maximum atomic E-state index is 12.0. The minimum absolute atomic E-state index is 0.150. The quantitative estimate of drug-likeness (QED) is 0.751. The topological polar surface area (TPSA) is 61.4 Å². The van der Waals surface area contributed by atoms with Crippen molar-refractivity contribution in [2.75, 3.05) is 6.54 Å². The number of hydrogen-bond acceptors (Lipinski definition) is 2. The van der Waals surface area contributed by atoms with Gasteiger partial charge in [-0.3, -0.25) is 0 Å². The highest BCUT2D eigenvalue weighted by Crippen LogP contribution is 2.34. The molecule has 21 heavy (non-hydrogen) atoms. The predicted octanol–water partition coefficient (Wildman–Crippen LogP) is 2.22. The molecule has 2 fully saturated rings. The minimum atomic E-state index is -0.661. The van der Waals surface area contributed by atoms with Gasteiger partial charge in [0.25, 0.3) is 0 Å². The molecule has 4 heteroatoms. The molecule has 3 N–H and O–H groups in total. The lowest BCUT2D eigenvalue weighted by atomic mass is 9.80. The van der Waals surface area contributed by atoms with Gasteiger partial charge in [-0.05, 0) is 50.0 Å². The van der Waals surface area contributed by atoms with Crippen LogP contribution < -0.4 is 10.6 Å². The first-order valence-electron chi connectivity index (χ1n) is 7.95. The number of carbonyl (C=O) groups excluding carboxylic acids is 1. The summed E-state index contributed by atoms with van der Waals surface area (Å²) in [5, 5.41) is 15.9. The highest BCUT2D eigenvalue weighted by atomic mass is 16.3. The second-order valence-corrected chi connectivity index (χ2v) is 6.54. The van der Waals surface area contributed by atoms with E-state index < -0.39 is 5.60 Å². The van der Waals surface area contributed by atoms with Gasteiger partial charge in [0.2, 0.25) is 0 Å². The van der Waals surface area contributed by atoms with E-state index in [0.29, 0.717) is 12.5 Å². The van der Waals surface area contributed by atoms with Crippen LogP contribution in [0.3, 0.4) is 0 Å². The molecule has 0 radical (unpaired) electrons. The van der Waals surface area contributed by atoms with E-state index in [1.54, 1.807) is 0 Å². The van der Waals surface area contributed by atoms with Gasteiger partial charge in [-0.1, -0.05) is 30.3 Å². The Morgan fingerprint density at radius 1 is 1.29 bits per heavy atom. The summed E-state index contributed by atoms with van der Waals surface area (Å²) < 4.78 is 0. The number of hydrogen-bond donors (Lipinski definition) is 3. The van der Waals surface area contributed by atoms with Crippen LogP contribution in [0, 0.1) is 5.92 Å². The van der Waals surface area contributed by atoms with Crippen LogP contribution in [-0.2, 0) is 6.42 Å². The Bertz CT molecular complexity index is 481. The highest BCUT2D eigenvalue weighted by molar-refractivity contribution is 5.74. The van der Waals surface area contributed by atoms with Gasteiger partial charge in [-0.15, -0.1) is 0 Å². The van der Waals surface area contributed by atoms with Crippen LogP contribution in [0.1, 0.15) is 37.7 Å². The number of nitrogens with one attached hydrogen (secondary N) is 2. The molecule has 2 aliphatic rings. The Labute approximate surface area is 125 Å². The van der Waals surface area contributed by atoms with E-state index in [-0.39, 0.29) is 12.1 Å². The van der Waals surface area contributed by atoms with Crippen LogP contribution in [-0.4, -0.2) is 29.3 Å². The minimum Gasteiger partial charge on any atom is -0.388 e. The third kappa shape index (κ3) is 3.97. The van der Waals surface area contributed by atoms with Gasteiger partial charge < -0.3 is 15.7 Å². The lowest BCUT2D eigenvalue weighted by molar-refractivity contribution is -0.0290. The maximum absolute atomic E-state index is 12.0. The van der Waals surface area contributed by atoms with Crippen molar-refractivity contribution < 1.29 is 9.90 Å². The zero-order valence-electron chi connectivity index (χ0n) is 12.3. The van der Waals surface area contributed by atoms with Gasteiger partial charge in [0.1, 0.15) is 0 Å². The average Bonchev–Trinajstić information content (AvgIpc) is 3.28. The second-order valence-electron chi connectivity index (χ2n) is 6.54. The molecule has 3 rings (SSSR count). The molecule has 0 aliphatic heterocycles. The third-order valence-electron chi connectivity index (χ3n) is 4.67. The van der Waals surface area contributed by atoms with E-state index in [1.165, 1.54) is 18.4 Å². The third-order valence-corrected chi connectivity index (χ3v) is 4.67. The van der Waals surface area contributed by atoms with Crippen molar-refractivity contribution >= 4 is 6.03 Å². The highest BCUT2D eigenvalue weighted by Gasteiger charge is 2.35. The number of benzene rings is 1. The molecule has 2 amide bonds. The number of rotatable bonds is 6. The summed E-state index contributed by atoms with van der Waals surface area (Å²) in [6, 6.07) is 10.3. The van der Waals surface area contributed by atoms with E-state index in [4.69, 9.17) is 0 Å². The SMILES string of the molecule is O=C(NCC1(O)CCC1)N[C@H](Cc1ccccc1)C1CC1. The van der Waals surface area contributed by atoms with Crippen LogP contribution >= 0.6 is 0 Å². The number of carbonyl (C=O) groups is 1. The smallest absolute Gasteiger partial charge is 0.315 e. The second kappa shape index (κ2) is 6.06. The van der Waals surface area contributed by atoms with Crippen molar-refractivity contribution in [3.05, 3.63) is 35.9 Å². The number of amides is 2. The lowest BCUT2D eigenvalue weighted by Gasteiger charge is -2.36. The van der Waals surface area contributed by atoms with E-state index in [1.807, 2.05) is 18.2 Å². The van der Waals surface area contributed by atoms with Gasteiger partial charge in [0.05, 0.1) is 5.60 Å².